The molecule has 0 aliphatic carbocycles. The number of nitrogens with zero attached hydrogens (tertiary/aromatic N) is 8. The summed E-state index contributed by atoms with van der Waals surface area (Å²) in [6, 6.07) is 33.1. The molecular weight excluding hydrogens is 1220 g/mol. The molecule has 464 valence electrons. The first kappa shape index (κ1) is 59.8. The molecule has 0 spiro atoms. The zero-order chi connectivity index (χ0) is 62.7. The van der Waals surface area contributed by atoms with Crippen LogP contribution in [-0.4, -0.2) is 127 Å². The number of rotatable bonds is 0. The van der Waals surface area contributed by atoms with E-state index < -0.39 is 71.4 Å². The third-order valence-corrected chi connectivity index (χ3v) is 18.5. The van der Waals surface area contributed by atoms with Crippen LogP contribution in [0, 0.1) is 0 Å². The van der Waals surface area contributed by atoms with E-state index in [1.54, 1.807) is 48.5 Å². The number of carbonyl (C=O) groups excluding carboxylic acids is 8. The number of amides is 8. The molecule has 17 rings (SSSR count). The molecule has 93 heavy (non-hydrogen) atoms. The molecule has 12 bridgehead atoms. The van der Waals surface area contributed by atoms with Crippen LogP contribution in [-0.2, 0) is 55.4 Å². The molecule has 21 heteroatoms. The van der Waals surface area contributed by atoms with Gasteiger partial charge in [-0.05, 0) is 122 Å². The fourth-order valence-corrected chi connectivity index (χ4v) is 14.2. The van der Waals surface area contributed by atoms with E-state index in [-0.39, 0.29) is 43.2 Å². The van der Waals surface area contributed by atoms with Gasteiger partial charge < -0.3 is 50.8 Å². The van der Waals surface area contributed by atoms with Gasteiger partial charge in [0.15, 0.2) is 0 Å². The second-order valence-electron chi connectivity index (χ2n) is 23.9. The van der Waals surface area contributed by atoms with E-state index in [0.29, 0.717) is 163 Å². The Hall–Kier alpha value is -10.8. The Labute approximate surface area is 544 Å². The predicted molar refractivity (Wildman–Crippen MR) is 350 cm³/mol. The van der Waals surface area contributed by atoms with Crippen molar-refractivity contribution in [1.82, 2.24) is 39.5 Å². The fraction of sp³-hybridized carbons (Fsp3) is 0.222. The van der Waals surface area contributed by atoms with Gasteiger partial charge in [-0.2, -0.15) is 0 Å². The number of hydrogen-bond donors (Lipinski definition) is 4. The Bertz CT molecular complexity index is 4090. The van der Waals surface area contributed by atoms with Crippen LogP contribution < -0.4 is 31.2 Å². The monoisotopic (exact) mass is 1280 g/mol. The van der Waals surface area contributed by atoms with Gasteiger partial charge in [-0.25, -0.2) is 9.97 Å². The van der Waals surface area contributed by atoms with Crippen LogP contribution in [0.1, 0.15) is 74.1 Å². The minimum Gasteiger partial charge on any atom is -0.657 e. The zero-order valence-electron chi connectivity index (χ0n) is 50.2. The standard InChI is InChI=1S/C72H62N12O8.Fe/c85-61-33-34-62(86)82-38-12-24-60(82)72(92)80-48-20-8-4-16-44(48)68-55-31-29-53(75-55)66-42-14-2-6-18-46(42)78-70(90)58-22-10-39-83(58)63(87)35-36-64(88)84-40-11-23-59(84)71(91)79-47-19-7-3-15-43(47)67(54-30-32-56(68)76-54)52-28-26-50(74-52)65(49-25-27-51(66)73-49)41-13-1-5-17-45(41)77-69(89)57-21-9-37-81(57)61;/h1-8,13-20,25-36,57-60H,9-12,21-24,37-40H2,(H6,73,74,75,76,77,78,79,80,85,86,87,88,89,90,91,92);/q;+2/p-2. The van der Waals surface area contributed by atoms with Gasteiger partial charge in [0.1, 0.15) is 24.2 Å². The van der Waals surface area contributed by atoms with Gasteiger partial charge in [-0.1, -0.05) is 97.1 Å². The van der Waals surface area contributed by atoms with Crippen molar-refractivity contribution < 1.29 is 55.4 Å². The van der Waals surface area contributed by atoms with Crippen molar-refractivity contribution in [2.45, 2.75) is 75.5 Å². The number of para-hydroxylation sites is 4. The predicted octanol–water partition coefficient (Wildman–Crippen LogP) is 9.44. The van der Waals surface area contributed by atoms with Crippen LogP contribution in [0.25, 0.3) is 90.9 Å². The molecule has 20 nitrogen and oxygen atoms in total. The molecule has 4 unspecified atom stereocenters. The Morgan fingerprint density at radius 1 is 0.312 bits per heavy atom. The largest absolute Gasteiger partial charge is 2.00 e. The van der Waals surface area contributed by atoms with Crippen LogP contribution in [0.4, 0.5) is 22.7 Å². The van der Waals surface area contributed by atoms with E-state index in [4.69, 9.17) is 19.9 Å². The summed E-state index contributed by atoms with van der Waals surface area (Å²) in [5, 5.41) is 12.7. The Morgan fingerprint density at radius 3 is 0.774 bits per heavy atom. The summed E-state index contributed by atoms with van der Waals surface area (Å²) < 4.78 is 0. The van der Waals surface area contributed by atoms with Gasteiger partial charge in [0.25, 0.3) is 0 Å². The van der Waals surface area contributed by atoms with Crippen molar-refractivity contribution in [2.24, 2.45) is 0 Å². The smallest absolute Gasteiger partial charge is 0.657 e. The summed E-state index contributed by atoms with van der Waals surface area (Å²) >= 11 is 0. The van der Waals surface area contributed by atoms with E-state index in [2.05, 4.69) is 21.3 Å². The second kappa shape index (κ2) is 24.8. The number of nitrogens with one attached hydrogen (secondary N) is 4. The number of carbonyl (C=O) groups is 8. The topological polar surface area (TPSA) is 252 Å². The van der Waals surface area contributed by atoms with Crippen LogP contribution in [0.15, 0.2) is 146 Å². The Morgan fingerprint density at radius 2 is 0.538 bits per heavy atom. The SMILES string of the molecule is O=C1Nc2ccccc2-c2c3nc(c4c5ccc([n-]5)c(c5nc(c(c6ccc2[n-]6)-c2ccccc2NC(=O)C2CCCN2C(=O)/C=C\C(=O)N2CCCC2C(=O)Nc2ccccc2-4)C=C5)-c2ccccc2NC(=O)C2CCCN2C(=O)C=CC(=O)N2CCCC12)C=C3.[Fe+2]. The minimum absolute atomic E-state index is 0. The van der Waals surface area contributed by atoms with Gasteiger partial charge in [-0.3, -0.25) is 38.4 Å². The van der Waals surface area contributed by atoms with E-state index in [9.17, 15) is 38.4 Å². The molecule has 4 atom stereocenters. The molecule has 4 saturated heterocycles. The van der Waals surface area contributed by atoms with E-state index in [1.807, 2.05) is 97.1 Å². The molecule has 10 aliphatic rings. The van der Waals surface area contributed by atoms with Crippen molar-refractivity contribution in [3.8, 4) is 44.5 Å². The first-order valence-corrected chi connectivity index (χ1v) is 31.2. The first-order chi connectivity index (χ1) is 44.9. The molecule has 8 amide bonds. The van der Waals surface area contributed by atoms with Gasteiger partial charge in [0.2, 0.25) is 47.3 Å². The summed E-state index contributed by atoms with van der Waals surface area (Å²) in [5.41, 5.74) is 9.29. The molecule has 3 aromatic heterocycles. The first-order valence-electron chi connectivity index (χ1n) is 31.2. The molecule has 4 aromatic carbocycles. The van der Waals surface area contributed by atoms with Crippen molar-refractivity contribution in [3.05, 3.63) is 168 Å². The molecule has 4 N–H and O–H groups in total. The van der Waals surface area contributed by atoms with Crippen molar-refractivity contribution in [3.63, 3.8) is 0 Å². The third-order valence-electron chi connectivity index (χ3n) is 18.5. The van der Waals surface area contributed by atoms with Crippen molar-refractivity contribution in [1.29, 1.82) is 0 Å². The van der Waals surface area contributed by atoms with Gasteiger partial charge in [-0.15, -0.1) is 22.1 Å². The maximum absolute atomic E-state index is 14.9. The molecule has 10 aliphatic heterocycles. The average Bonchev–Trinajstić information content (AvgIpc) is 1.48. The Balaban J connectivity index is 0.00000749. The normalized spacial score (nSPS) is 20.9. The van der Waals surface area contributed by atoms with Gasteiger partial charge >= 0.3 is 17.1 Å². The number of benzene rings is 4. The average molecular weight is 1280 g/mol. The minimum atomic E-state index is -0.903. The molecule has 13 heterocycles. The summed E-state index contributed by atoms with van der Waals surface area (Å²) in [6.45, 7) is 1.09. The van der Waals surface area contributed by atoms with Crippen LogP contribution in [0.5, 0.6) is 0 Å². The summed E-state index contributed by atoms with van der Waals surface area (Å²) in [4.78, 5) is 144. The zero-order valence-corrected chi connectivity index (χ0v) is 51.3. The number of fused-ring (bicyclic) bond motifs is 8. The number of hydrogen-bond acceptors (Lipinski definition) is 10. The summed E-state index contributed by atoms with van der Waals surface area (Å²) in [7, 11) is 0. The number of anilines is 4. The summed E-state index contributed by atoms with van der Waals surface area (Å²) in [6.07, 6.45) is 15.8. The molecule has 7 aromatic rings. The van der Waals surface area contributed by atoms with Gasteiger partial charge in [0, 0.05) is 95.5 Å². The fourth-order valence-electron chi connectivity index (χ4n) is 14.2. The molecular formula is C72H60FeN12O8. The molecule has 4 fully saturated rings. The van der Waals surface area contributed by atoms with E-state index >= 15 is 0 Å². The molecule has 0 saturated carbocycles. The maximum Gasteiger partial charge on any atom is 2.00 e. The second-order valence-corrected chi connectivity index (χ2v) is 23.9. The van der Waals surface area contributed by atoms with Crippen molar-refractivity contribution >= 4 is 116 Å². The molecule has 0 radical (unpaired) electrons. The van der Waals surface area contributed by atoms with Crippen molar-refractivity contribution in [2.75, 3.05) is 47.4 Å². The summed E-state index contributed by atoms with van der Waals surface area (Å²) in [5.74, 6) is -3.87. The third kappa shape index (κ3) is 11.0. The van der Waals surface area contributed by atoms with E-state index in [0.717, 1.165) is 0 Å². The maximum atomic E-state index is 14.9. The van der Waals surface area contributed by atoms with Gasteiger partial charge in [0.05, 0.1) is 22.8 Å². The van der Waals surface area contributed by atoms with Crippen LogP contribution in [0.3, 0.4) is 0 Å². The quantitative estimate of drug-likeness (QED) is 0.104. The van der Waals surface area contributed by atoms with Crippen LogP contribution >= 0.6 is 0 Å². The van der Waals surface area contributed by atoms with Crippen LogP contribution in [0.2, 0.25) is 0 Å². The Kier molecular flexibility index (Phi) is 16.0. The number of aromatic nitrogens is 4. The van der Waals surface area contributed by atoms with E-state index in [1.165, 1.54) is 43.9 Å².